The number of carboxylic acid groups (broad SMARTS) is 1. The van der Waals surface area contributed by atoms with Crippen molar-refractivity contribution >= 4 is 17.8 Å². The van der Waals surface area contributed by atoms with Gasteiger partial charge in [0.1, 0.15) is 6.04 Å². The van der Waals surface area contributed by atoms with Crippen molar-refractivity contribution in [1.29, 1.82) is 0 Å². The van der Waals surface area contributed by atoms with Crippen molar-refractivity contribution < 1.29 is 24.2 Å². The monoisotopic (exact) mass is 283 g/mol. The number of carboxylic acids is 1. The summed E-state index contributed by atoms with van der Waals surface area (Å²) in [6, 6.07) is -1.15. The quantitative estimate of drug-likeness (QED) is 0.703. The van der Waals surface area contributed by atoms with Crippen molar-refractivity contribution in [2.45, 2.75) is 25.8 Å². The molecule has 8 nitrogen and oxygen atoms in total. The highest BCUT2D eigenvalue weighted by molar-refractivity contribution is 5.97. The molecule has 8 heteroatoms. The first-order valence-corrected chi connectivity index (χ1v) is 5.96. The molecule has 0 aliphatic carbocycles. The van der Waals surface area contributed by atoms with Gasteiger partial charge in [-0.05, 0) is 13.3 Å². The van der Waals surface area contributed by atoms with Crippen LogP contribution in [0.5, 0.6) is 0 Å². The molecular formula is C12H17N3O5. The maximum Gasteiger partial charge on any atom is 0.326 e. The third-order valence-electron chi connectivity index (χ3n) is 2.73. The molecule has 0 bridgehead atoms. The second kappa shape index (κ2) is 6.69. The van der Waals surface area contributed by atoms with Crippen LogP contribution in [0, 0.1) is 6.92 Å². The number of aryl methyl sites for hydroxylation is 2. The lowest BCUT2D eigenvalue weighted by atomic mass is 10.1. The van der Waals surface area contributed by atoms with E-state index in [1.807, 2.05) is 0 Å². The zero-order valence-electron chi connectivity index (χ0n) is 11.5. The lowest BCUT2D eigenvalue weighted by Crippen LogP contribution is -2.41. The number of rotatable bonds is 6. The van der Waals surface area contributed by atoms with Crippen LogP contribution in [0.2, 0.25) is 0 Å². The van der Waals surface area contributed by atoms with E-state index in [0.717, 1.165) is 0 Å². The molecule has 0 aliphatic heterocycles. The maximum atomic E-state index is 12.0. The summed E-state index contributed by atoms with van der Waals surface area (Å²) < 4.78 is 5.90. The molecule has 20 heavy (non-hydrogen) atoms. The number of nitrogens with zero attached hydrogens (tertiary/aromatic N) is 2. The Hall–Kier alpha value is -2.38. The molecule has 0 saturated carbocycles. The van der Waals surface area contributed by atoms with Crippen molar-refractivity contribution in [3.63, 3.8) is 0 Å². The van der Waals surface area contributed by atoms with Crippen LogP contribution in [-0.2, 0) is 21.4 Å². The van der Waals surface area contributed by atoms with Gasteiger partial charge in [-0.25, -0.2) is 4.79 Å². The van der Waals surface area contributed by atoms with E-state index in [9.17, 15) is 14.4 Å². The van der Waals surface area contributed by atoms with Crippen LogP contribution in [0.4, 0.5) is 0 Å². The van der Waals surface area contributed by atoms with Gasteiger partial charge in [0.25, 0.3) is 5.91 Å². The number of hydrogen-bond donors (Lipinski definition) is 2. The zero-order chi connectivity index (χ0) is 15.3. The molecule has 110 valence electrons. The predicted molar refractivity (Wildman–Crippen MR) is 68.1 cm³/mol. The Morgan fingerprint density at radius 1 is 1.50 bits per heavy atom. The van der Waals surface area contributed by atoms with Crippen LogP contribution < -0.4 is 5.32 Å². The SMILES string of the molecule is COC(=O)CC[C@@H](NC(=O)c1cn(C)nc1C)C(=O)O. The standard InChI is InChI=1S/C12H17N3O5/c1-7-8(6-15(2)14-7)11(17)13-9(12(18)19)4-5-10(16)20-3/h6,9H,4-5H2,1-3H3,(H,13,17)(H,18,19)/t9-/m1/s1. The number of hydrogen-bond acceptors (Lipinski definition) is 5. The minimum atomic E-state index is -1.20. The zero-order valence-corrected chi connectivity index (χ0v) is 11.5. The summed E-state index contributed by atoms with van der Waals surface area (Å²) >= 11 is 0. The van der Waals surface area contributed by atoms with Gasteiger partial charge in [-0.1, -0.05) is 0 Å². The molecule has 0 fully saturated rings. The fourth-order valence-electron chi connectivity index (χ4n) is 1.68. The average Bonchev–Trinajstić information content (AvgIpc) is 2.72. The predicted octanol–water partition coefficient (Wildman–Crippen LogP) is -0.135. The van der Waals surface area contributed by atoms with Gasteiger partial charge in [-0.2, -0.15) is 5.10 Å². The van der Waals surface area contributed by atoms with Crippen LogP contribution in [-0.4, -0.2) is 45.9 Å². The van der Waals surface area contributed by atoms with Crippen LogP contribution in [0.3, 0.4) is 0 Å². The molecule has 0 saturated heterocycles. The van der Waals surface area contributed by atoms with Gasteiger partial charge in [-0.3, -0.25) is 14.3 Å². The highest BCUT2D eigenvalue weighted by Crippen LogP contribution is 2.07. The van der Waals surface area contributed by atoms with E-state index in [1.165, 1.54) is 18.0 Å². The minimum Gasteiger partial charge on any atom is -0.480 e. The third-order valence-corrected chi connectivity index (χ3v) is 2.73. The normalized spacial score (nSPS) is 11.8. The van der Waals surface area contributed by atoms with Gasteiger partial charge in [-0.15, -0.1) is 0 Å². The number of ether oxygens (including phenoxy) is 1. The van der Waals surface area contributed by atoms with Crippen molar-refractivity contribution in [2.75, 3.05) is 7.11 Å². The number of methoxy groups -OCH3 is 1. The van der Waals surface area contributed by atoms with Gasteiger partial charge in [0.2, 0.25) is 0 Å². The first kappa shape index (κ1) is 15.7. The van der Waals surface area contributed by atoms with Crippen molar-refractivity contribution in [3.8, 4) is 0 Å². The van der Waals surface area contributed by atoms with Crippen LogP contribution in [0.25, 0.3) is 0 Å². The molecule has 1 heterocycles. The lowest BCUT2D eigenvalue weighted by Gasteiger charge is -2.13. The summed E-state index contributed by atoms with van der Waals surface area (Å²) in [5.41, 5.74) is 0.805. The Balaban J connectivity index is 2.70. The summed E-state index contributed by atoms with van der Waals surface area (Å²) in [4.78, 5) is 34.0. The fourth-order valence-corrected chi connectivity index (χ4v) is 1.68. The molecular weight excluding hydrogens is 266 g/mol. The Bertz CT molecular complexity index is 523. The van der Waals surface area contributed by atoms with Gasteiger partial charge in [0, 0.05) is 19.7 Å². The highest BCUT2D eigenvalue weighted by atomic mass is 16.5. The molecule has 0 aromatic carbocycles. The summed E-state index contributed by atoms with van der Waals surface area (Å²) in [5, 5.41) is 15.4. The first-order chi connectivity index (χ1) is 9.35. The average molecular weight is 283 g/mol. The smallest absolute Gasteiger partial charge is 0.326 e. The van der Waals surface area contributed by atoms with Crippen LogP contribution >= 0.6 is 0 Å². The van der Waals surface area contributed by atoms with Gasteiger partial charge >= 0.3 is 11.9 Å². The highest BCUT2D eigenvalue weighted by Gasteiger charge is 2.23. The van der Waals surface area contributed by atoms with E-state index in [1.54, 1.807) is 14.0 Å². The van der Waals surface area contributed by atoms with Crippen molar-refractivity contribution in [1.82, 2.24) is 15.1 Å². The van der Waals surface area contributed by atoms with E-state index in [4.69, 9.17) is 5.11 Å². The van der Waals surface area contributed by atoms with Crippen molar-refractivity contribution in [3.05, 3.63) is 17.5 Å². The molecule has 1 atom stereocenters. The molecule has 0 aliphatic rings. The van der Waals surface area contributed by atoms with Gasteiger partial charge < -0.3 is 15.2 Å². The van der Waals surface area contributed by atoms with Gasteiger partial charge in [0.05, 0.1) is 18.4 Å². The molecule has 1 aromatic heterocycles. The topological polar surface area (TPSA) is 111 Å². The molecule has 0 unspecified atom stereocenters. The summed E-state index contributed by atoms with van der Waals surface area (Å²) in [6.45, 7) is 1.65. The van der Waals surface area contributed by atoms with E-state index in [2.05, 4.69) is 15.2 Å². The summed E-state index contributed by atoms with van der Waals surface area (Å²) in [5.74, 6) is -2.26. The molecule has 1 amide bonds. The number of nitrogens with one attached hydrogen (secondary N) is 1. The number of esters is 1. The molecule has 0 spiro atoms. The Morgan fingerprint density at radius 2 is 2.15 bits per heavy atom. The first-order valence-electron chi connectivity index (χ1n) is 5.96. The Labute approximate surface area is 115 Å². The Morgan fingerprint density at radius 3 is 2.60 bits per heavy atom. The fraction of sp³-hybridized carbons (Fsp3) is 0.500. The number of carbonyl (C=O) groups excluding carboxylic acids is 2. The summed E-state index contributed by atoms with van der Waals surface area (Å²) in [6.07, 6.45) is 1.39. The number of aliphatic carboxylic acids is 1. The van der Waals surface area contributed by atoms with E-state index >= 15 is 0 Å². The minimum absolute atomic E-state index is 0.0347. The van der Waals surface area contributed by atoms with E-state index < -0.39 is 23.9 Å². The molecule has 1 aromatic rings. The molecule has 0 radical (unpaired) electrons. The van der Waals surface area contributed by atoms with E-state index in [-0.39, 0.29) is 12.8 Å². The largest absolute Gasteiger partial charge is 0.480 e. The van der Waals surface area contributed by atoms with Crippen molar-refractivity contribution in [2.24, 2.45) is 7.05 Å². The second-order valence-electron chi connectivity index (χ2n) is 4.28. The number of carbonyl (C=O) groups is 3. The summed E-state index contributed by atoms with van der Waals surface area (Å²) in [7, 11) is 2.88. The third kappa shape index (κ3) is 4.08. The lowest BCUT2D eigenvalue weighted by molar-refractivity contribution is -0.142. The number of aromatic nitrogens is 2. The van der Waals surface area contributed by atoms with Crippen LogP contribution in [0.1, 0.15) is 28.9 Å². The maximum absolute atomic E-state index is 12.0. The Kier molecular flexibility index (Phi) is 5.24. The second-order valence-corrected chi connectivity index (χ2v) is 4.28. The van der Waals surface area contributed by atoms with Gasteiger partial charge in [0.15, 0.2) is 0 Å². The molecule has 1 rings (SSSR count). The van der Waals surface area contributed by atoms with Crippen LogP contribution in [0.15, 0.2) is 6.20 Å². The van der Waals surface area contributed by atoms with E-state index in [0.29, 0.717) is 11.3 Å². The molecule has 2 N–H and O–H groups in total. The number of amides is 1.